The van der Waals surface area contributed by atoms with Gasteiger partial charge in [-0.3, -0.25) is 0 Å². The summed E-state index contributed by atoms with van der Waals surface area (Å²) in [6.45, 7) is 0. The van der Waals surface area contributed by atoms with Gasteiger partial charge in [0.05, 0.1) is 17.7 Å². The van der Waals surface area contributed by atoms with E-state index in [1.54, 1.807) is 12.1 Å². The molecule has 0 aromatic heterocycles. The Hall–Kier alpha value is -0.730. The highest BCUT2D eigenvalue weighted by atomic mass is 35.5. The summed E-state index contributed by atoms with van der Waals surface area (Å²) in [5, 5.41) is 28.3. The van der Waals surface area contributed by atoms with Gasteiger partial charge in [-0.2, -0.15) is 17.9 Å². The lowest BCUT2D eigenvalue weighted by Crippen LogP contribution is -2.19. The number of nitriles is 1. The molecular formula is C11H12ClNO2S. The van der Waals surface area contributed by atoms with Crippen molar-refractivity contribution in [3.8, 4) is 6.07 Å². The normalized spacial score (nSPS) is 14.2. The van der Waals surface area contributed by atoms with Gasteiger partial charge < -0.3 is 10.2 Å². The van der Waals surface area contributed by atoms with Gasteiger partial charge in [-0.1, -0.05) is 17.7 Å². The maximum Gasteiger partial charge on any atom is 0.106 e. The van der Waals surface area contributed by atoms with E-state index in [0.717, 1.165) is 0 Å². The first kappa shape index (κ1) is 13.3. The Morgan fingerprint density at radius 3 is 2.62 bits per heavy atom. The van der Waals surface area contributed by atoms with Crippen LogP contribution in [-0.4, -0.2) is 22.1 Å². The lowest BCUT2D eigenvalue weighted by atomic mass is 10.0. The number of benzene rings is 1. The predicted octanol–water partition coefficient (Wildman–Crippen LogP) is 1.93. The number of thiol groups is 1. The van der Waals surface area contributed by atoms with Gasteiger partial charge in [0.2, 0.25) is 0 Å². The predicted molar refractivity (Wildman–Crippen MR) is 65.6 cm³/mol. The van der Waals surface area contributed by atoms with Gasteiger partial charge in [0.15, 0.2) is 0 Å². The zero-order chi connectivity index (χ0) is 12.1. The molecule has 2 unspecified atom stereocenters. The molecule has 0 saturated carbocycles. The Labute approximate surface area is 105 Å². The summed E-state index contributed by atoms with van der Waals surface area (Å²) in [6.07, 6.45) is -1.57. The average molecular weight is 258 g/mol. The number of halogens is 1. The van der Waals surface area contributed by atoms with Gasteiger partial charge in [-0.25, -0.2) is 0 Å². The molecule has 86 valence electrons. The molecule has 2 N–H and O–H groups in total. The van der Waals surface area contributed by atoms with Crippen LogP contribution in [0.15, 0.2) is 18.2 Å². The van der Waals surface area contributed by atoms with Gasteiger partial charge in [0, 0.05) is 10.6 Å². The molecule has 0 aliphatic heterocycles. The van der Waals surface area contributed by atoms with Gasteiger partial charge in [0.1, 0.15) is 6.10 Å². The molecule has 0 spiro atoms. The second-order valence-electron chi connectivity index (χ2n) is 3.37. The highest BCUT2D eigenvalue weighted by molar-refractivity contribution is 7.80. The van der Waals surface area contributed by atoms with Crippen molar-refractivity contribution in [2.45, 2.75) is 18.6 Å². The largest absolute Gasteiger partial charge is 0.390 e. The third-order valence-corrected chi connectivity index (χ3v) is 2.82. The third-order valence-electron chi connectivity index (χ3n) is 2.24. The smallest absolute Gasteiger partial charge is 0.106 e. The number of nitrogens with zero attached hydrogens (tertiary/aromatic N) is 1. The molecule has 3 nitrogen and oxygen atoms in total. The molecule has 2 atom stereocenters. The monoisotopic (exact) mass is 257 g/mol. The third kappa shape index (κ3) is 3.13. The SMILES string of the molecule is N#Cc1ccc(C(O)C(O)CCS)c(Cl)c1. The number of aliphatic hydroxyl groups is 2. The Bertz CT molecular complexity index is 405. The zero-order valence-electron chi connectivity index (χ0n) is 8.47. The molecule has 5 heteroatoms. The minimum Gasteiger partial charge on any atom is -0.390 e. The van der Waals surface area contributed by atoms with E-state index in [9.17, 15) is 10.2 Å². The van der Waals surface area contributed by atoms with E-state index in [1.165, 1.54) is 6.07 Å². The van der Waals surface area contributed by atoms with Crippen molar-refractivity contribution in [1.29, 1.82) is 5.26 Å². The van der Waals surface area contributed by atoms with Crippen LogP contribution in [-0.2, 0) is 0 Å². The summed E-state index contributed by atoms with van der Waals surface area (Å²) >= 11 is 9.88. The Kier molecular flexibility index (Phi) is 5.10. The molecule has 0 radical (unpaired) electrons. The number of hydrogen-bond donors (Lipinski definition) is 3. The fraction of sp³-hybridized carbons (Fsp3) is 0.364. The van der Waals surface area contributed by atoms with Crippen molar-refractivity contribution in [1.82, 2.24) is 0 Å². The van der Waals surface area contributed by atoms with Crippen molar-refractivity contribution < 1.29 is 10.2 Å². The second-order valence-corrected chi connectivity index (χ2v) is 4.23. The van der Waals surface area contributed by atoms with Crippen LogP contribution in [0.2, 0.25) is 5.02 Å². The minimum atomic E-state index is -1.05. The van der Waals surface area contributed by atoms with Crippen molar-refractivity contribution in [2.24, 2.45) is 0 Å². The first-order valence-electron chi connectivity index (χ1n) is 4.76. The van der Waals surface area contributed by atoms with E-state index in [4.69, 9.17) is 16.9 Å². The summed E-state index contributed by atoms with van der Waals surface area (Å²) < 4.78 is 0. The average Bonchev–Trinajstić information content (AvgIpc) is 2.28. The molecule has 1 aromatic carbocycles. The van der Waals surface area contributed by atoms with Crippen molar-refractivity contribution in [3.63, 3.8) is 0 Å². The Morgan fingerprint density at radius 2 is 2.12 bits per heavy atom. The van der Waals surface area contributed by atoms with Crippen LogP contribution in [0.4, 0.5) is 0 Å². The van der Waals surface area contributed by atoms with Gasteiger partial charge in [0.25, 0.3) is 0 Å². The molecule has 0 bridgehead atoms. The van der Waals surface area contributed by atoms with Crippen molar-refractivity contribution in [3.05, 3.63) is 34.3 Å². The van der Waals surface area contributed by atoms with E-state index in [0.29, 0.717) is 23.3 Å². The highest BCUT2D eigenvalue weighted by Crippen LogP contribution is 2.27. The molecular weight excluding hydrogens is 246 g/mol. The van der Waals surface area contributed by atoms with E-state index < -0.39 is 12.2 Å². The van der Waals surface area contributed by atoms with Crippen LogP contribution in [0, 0.1) is 11.3 Å². The summed E-state index contributed by atoms with van der Waals surface area (Å²) in [5.41, 5.74) is 0.847. The molecule has 16 heavy (non-hydrogen) atoms. The first-order chi connectivity index (χ1) is 7.60. The van der Waals surface area contributed by atoms with Crippen LogP contribution < -0.4 is 0 Å². The fourth-order valence-corrected chi connectivity index (χ4v) is 1.89. The Balaban J connectivity index is 2.92. The van der Waals surface area contributed by atoms with Gasteiger partial charge in [-0.05, 0) is 24.3 Å². The van der Waals surface area contributed by atoms with Crippen LogP contribution in [0.3, 0.4) is 0 Å². The summed E-state index contributed by atoms with van der Waals surface area (Å²) in [4.78, 5) is 0. The summed E-state index contributed by atoms with van der Waals surface area (Å²) in [7, 11) is 0. The zero-order valence-corrected chi connectivity index (χ0v) is 10.1. The van der Waals surface area contributed by atoms with Crippen LogP contribution in [0.25, 0.3) is 0 Å². The molecule has 0 saturated heterocycles. The second kappa shape index (κ2) is 6.12. The molecule has 0 amide bonds. The molecule has 1 rings (SSSR count). The molecule has 0 aliphatic carbocycles. The maximum absolute atomic E-state index is 9.81. The number of aliphatic hydroxyl groups excluding tert-OH is 2. The van der Waals surface area contributed by atoms with Crippen LogP contribution in [0.5, 0.6) is 0 Å². The quantitative estimate of drug-likeness (QED) is 0.722. The van der Waals surface area contributed by atoms with E-state index in [2.05, 4.69) is 12.6 Å². The van der Waals surface area contributed by atoms with E-state index in [1.807, 2.05) is 6.07 Å². The molecule has 0 heterocycles. The Morgan fingerprint density at radius 1 is 1.44 bits per heavy atom. The lowest BCUT2D eigenvalue weighted by Gasteiger charge is -2.18. The maximum atomic E-state index is 9.81. The standard InChI is InChI=1S/C11H12ClNO2S/c12-9-5-7(6-13)1-2-8(9)11(15)10(14)3-4-16/h1-2,5,10-11,14-16H,3-4H2. The van der Waals surface area contributed by atoms with Crippen molar-refractivity contribution >= 4 is 24.2 Å². The van der Waals surface area contributed by atoms with E-state index in [-0.39, 0.29) is 5.02 Å². The topological polar surface area (TPSA) is 64.2 Å². The number of hydrogen-bond acceptors (Lipinski definition) is 4. The summed E-state index contributed by atoms with van der Waals surface area (Å²) in [5.74, 6) is 0.478. The van der Waals surface area contributed by atoms with Gasteiger partial charge >= 0.3 is 0 Å². The van der Waals surface area contributed by atoms with E-state index >= 15 is 0 Å². The molecule has 0 fully saturated rings. The summed E-state index contributed by atoms with van der Waals surface area (Å²) in [6, 6.07) is 6.52. The van der Waals surface area contributed by atoms with Crippen molar-refractivity contribution in [2.75, 3.05) is 5.75 Å². The minimum absolute atomic E-state index is 0.282. The van der Waals surface area contributed by atoms with Gasteiger partial charge in [-0.15, -0.1) is 0 Å². The lowest BCUT2D eigenvalue weighted by molar-refractivity contribution is 0.0173. The first-order valence-corrected chi connectivity index (χ1v) is 5.77. The number of rotatable bonds is 4. The van der Waals surface area contributed by atoms with Crippen LogP contribution >= 0.6 is 24.2 Å². The molecule has 0 aliphatic rings. The van der Waals surface area contributed by atoms with Crippen LogP contribution in [0.1, 0.15) is 23.7 Å². The fourth-order valence-electron chi connectivity index (χ4n) is 1.33. The molecule has 1 aromatic rings. The highest BCUT2D eigenvalue weighted by Gasteiger charge is 2.20.